The summed E-state index contributed by atoms with van der Waals surface area (Å²) in [5.74, 6) is 0.211. The second-order valence-electron chi connectivity index (χ2n) is 5.69. The van der Waals surface area contributed by atoms with Crippen LogP contribution in [0.2, 0.25) is 0 Å². The number of hydrogen-bond acceptors (Lipinski definition) is 5. The molecule has 3 rings (SSSR count). The van der Waals surface area contributed by atoms with E-state index in [2.05, 4.69) is 39.6 Å². The number of likely N-dealkylation sites (N-methyl/N-ethyl adjacent to an activating group) is 1. The lowest BCUT2D eigenvalue weighted by Gasteiger charge is -2.17. The number of nitrogens with zero attached hydrogens (tertiary/aromatic N) is 3. The zero-order valence-electron chi connectivity index (χ0n) is 12.8. The third-order valence-electron chi connectivity index (χ3n) is 4.07. The molecule has 0 bridgehead atoms. The summed E-state index contributed by atoms with van der Waals surface area (Å²) in [7, 11) is 2.06. The van der Waals surface area contributed by atoms with Gasteiger partial charge in [0.1, 0.15) is 5.01 Å². The molecule has 0 saturated carbocycles. The van der Waals surface area contributed by atoms with Crippen LogP contribution in [0.1, 0.15) is 23.4 Å². The summed E-state index contributed by atoms with van der Waals surface area (Å²) in [6.45, 7) is 3.70. The van der Waals surface area contributed by atoms with E-state index in [0.29, 0.717) is 5.13 Å². The van der Waals surface area contributed by atoms with Crippen LogP contribution in [0.25, 0.3) is 0 Å². The van der Waals surface area contributed by atoms with Gasteiger partial charge in [0.05, 0.1) is 5.92 Å². The number of benzene rings is 1. The van der Waals surface area contributed by atoms with Crippen LogP contribution in [0.5, 0.6) is 0 Å². The fraction of sp³-hybridized carbons (Fsp3) is 0.438. The van der Waals surface area contributed by atoms with E-state index in [1.54, 1.807) is 0 Å². The number of hydrogen-bond donors (Lipinski definition) is 1. The molecular formula is C16H20N4OS. The molecule has 1 fully saturated rings. The van der Waals surface area contributed by atoms with Gasteiger partial charge in [0.25, 0.3) is 0 Å². The first-order chi connectivity index (χ1) is 10.7. The number of rotatable bonds is 4. The van der Waals surface area contributed by atoms with Crippen molar-refractivity contribution in [3.8, 4) is 0 Å². The minimum absolute atomic E-state index is 0.0389. The first-order valence-electron chi connectivity index (χ1n) is 7.54. The van der Waals surface area contributed by atoms with Crippen LogP contribution in [-0.2, 0) is 11.2 Å². The molecule has 2 atom stereocenters. The molecule has 116 valence electrons. The number of nitrogens with one attached hydrogen (secondary N) is 1. The lowest BCUT2D eigenvalue weighted by atomic mass is 9.88. The number of aromatic nitrogens is 2. The number of likely N-dealkylation sites (tertiary alicyclic amines) is 1. The molecule has 0 unspecified atom stereocenters. The zero-order chi connectivity index (χ0) is 15.5. The monoisotopic (exact) mass is 316 g/mol. The number of carbonyl (C=O) groups is 1. The predicted octanol–water partition coefficient (Wildman–Crippen LogP) is 2.38. The van der Waals surface area contributed by atoms with Crippen LogP contribution < -0.4 is 5.32 Å². The molecule has 1 amide bonds. The van der Waals surface area contributed by atoms with E-state index in [1.807, 2.05) is 25.1 Å². The van der Waals surface area contributed by atoms with Gasteiger partial charge in [-0.25, -0.2) is 0 Å². The summed E-state index contributed by atoms with van der Waals surface area (Å²) in [4.78, 5) is 14.9. The van der Waals surface area contributed by atoms with Gasteiger partial charge in [-0.05, 0) is 19.0 Å². The van der Waals surface area contributed by atoms with Crippen LogP contribution in [0.4, 0.5) is 5.13 Å². The van der Waals surface area contributed by atoms with E-state index in [0.717, 1.165) is 24.5 Å². The summed E-state index contributed by atoms with van der Waals surface area (Å²) < 4.78 is 0. The fourth-order valence-electron chi connectivity index (χ4n) is 2.95. The molecule has 1 aromatic carbocycles. The maximum atomic E-state index is 12.6. The number of aryl methyl sites for hydroxylation is 1. The highest BCUT2D eigenvalue weighted by Gasteiger charge is 2.37. The van der Waals surface area contributed by atoms with Gasteiger partial charge >= 0.3 is 0 Å². The molecule has 1 saturated heterocycles. The lowest BCUT2D eigenvalue weighted by Crippen LogP contribution is -2.28. The van der Waals surface area contributed by atoms with Gasteiger partial charge in [0, 0.05) is 19.0 Å². The van der Waals surface area contributed by atoms with E-state index in [4.69, 9.17) is 0 Å². The molecule has 2 aromatic rings. The highest BCUT2D eigenvalue weighted by Crippen LogP contribution is 2.33. The van der Waals surface area contributed by atoms with Crippen molar-refractivity contribution in [2.24, 2.45) is 5.92 Å². The largest absolute Gasteiger partial charge is 0.305 e. The van der Waals surface area contributed by atoms with Crippen molar-refractivity contribution in [2.75, 3.05) is 25.5 Å². The molecule has 0 spiro atoms. The van der Waals surface area contributed by atoms with Gasteiger partial charge in [-0.2, -0.15) is 0 Å². The van der Waals surface area contributed by atoms with Gasteiger partial charge in [0.15, 0.2) is 0 Å². The first kappa shape index (κ1) is 15.1. The number of anilines is 1. The second-order valence-corrected chi connectivity index (χ2v) is 6.75. The Balaban J connectivity index is 1.75. The Bertz CT molecular complexity index is 643. The third-order valence-corrected chi connectivity index (χ3v) is 5.05. The summed E-state index contributed by atoms with van der Waals surface area (Å²) >= 11 is 1.45. The summed E-state index contributed by atoms with van der Waals surface area (Å²) in [5.41, 5.74) is 1.22. The molecule has 0 radical (unpaired) electrons. The topological polar surface area (TPSA) is 58.1 Å². The van der Waals surface area contributed by atoms with Gasteiger partial charge in [-0.15, -0.1) is 10.2 Å². The molecule has 2 heterocycles. The van der Waals surface area contributed by atoms with Gasteiger partial charge < -0.3 is 10.2 Å². The Morgan fingerprint density at radius 3 is 2.77 bits per heavy atom. The minimum atomic E-state index is -0.0543. The third kappa shape index (κ3) is 3.18. The van der Waals surface area contributed by atoms with E-state index < -0.39 is 0 Å². The van der Waals surface area contributed by atoms with Crippen LogP contribution in [0, 0.1) is 5.92 Å². The van der Waals surface area contributed by atoms with Crippen molar-refractivity contribution >= 4 is 22.4 Å². The molecule has 5 nitrogen and oxygen atoms in total. The zero-order valence-corrected chi connectivity index (χ0v) is 13.6. The van der Waals surface area contributed by atoms with Crippen molar-refractivity contribution in [1.29, 1.82) is 0 Å². The summed E-state index contributed by atoms with van der Waals surface area (Å²) in [5, 5.41) is 12.6. The summed E-state index contributed by atoms with van der Waals surface area (Å²) in [6, 6.07) is 10.3. The average Bonchev–Trinajstić information content (AvgIpc) is 3.14. The van der Waals surface area contributed by atoms with Crippen molar-refractivity contribution in [3.05, 3.63) is 40.9 Å². The first-order valence-corrected chi connectivity index (χ1v) is 8.35. The molecule has 0 aliphatic carbocycles. The summed E-state index contributed by atoms with van der Waals surface area (Å²) in [6.07, 6.45) is 0.840. The lowest BCUT2D eigenvalue weighted by molar-refractivity contribution is -0.119. The average molecular weight is 316 g/mol. The normalized spacial score (nSPS) is 21.9. The van der Waals surface area contributed by atoms with E-state index in [9.17, 15) is 4.79 Å². The fourth-order valence-corrected chi connectivity index (χ4v) is 3.63. The second kappa shape index (κ2) is 6.54. The molecule has 1 aromatic heterocycles. The number of carbonyl (C=O) groups excluding carboxylic acids is 1. The molecular weight excluding hydrogens is 296 g/mol. The van der Waals surface area contributed by atoms with Crippen molar-refractivity contribution in [3.63, 3.8) is 0 Å². The van der Waals surface area contributed by atoms with Crippen LogP contribution in [-0.4, -0.2) is 41.1 Å². The minimum Gasteiger partial charge on any atom is -0.305 e. The predicted molar refractivity (Wildman–Crippen MR) is 88.1 cm³/mol. The smallest absolute Gasteiger partial charge is 0.231 e. The van der Waals surface area contributed by atoms with Crippen molar-refractivity contribution < 1.29 is 4.79 Å². The highest BCUT2D eigenvalue weighted by molar-refractivity contribution is 7.15. The molecule has 6 heteroatoms. The highest BCUT2D eigenvalue weighted by atomic mass is 32.1. The molecule has 22 heavy (non-hydrogen) atoms. The van der Waals surface area contributed by atoms with E-state index in [1.165, 1.54) is 16.9 Å². The Morgan fingerprint density at radius 2 is 2.09 bits per heavy atom. The van der Waals surface area contributed by atoms with Crippen LogP contribution in [0.15, 0.2) is 30.3 Å². The maximum Gasteiger partial charge on any atom is 0.231 e. The molecule has 1 aliphatic heterocycles. The Kier molecular flexibility index (Phi) is 4.49. The Morgan fingerprint density at radius 1 is 1.32 bits per heavy atom. The van der Waals surface area contributed by atoms with Crippen LogP contribution in [0.3, 0.4) is 0 Å². The number of amides is 1. The van der Waals surface area contributed by atoms with Crippen LogP contribution >= 0.6 is 11.3 Å². The van der Waals surface area contributed by atoms with Gasteiger partial charge in [-0.3, -0.25) is 4.79 Å². The Hall–Kier alpha value is -1.79. The van der Waals surface area contributed by atoms with Crippen molar-refractivity contribution in [2.45, 2.75) is 19.3 Å². The van der Waals surface area contributed by atoms with E-state index >= 15 is 0 Å². The molecule has 1 aliphatic rings. The standard InChI is InChI=1S/C16H20N4OS/c1-3-14-18-19-16(22-14)17-15(21)13-10-20(2)9-12(13)11-7-5-4-6-8-11/h4-8,12-13H,3,9-10H2,1-2H3,(H,17,19,21)/t12-,13-/m0/s1. The van der Waals surface area contributed by atoms with E-state index in [-0.39, 0.29) is 17.7 Å². The van der Waals surface area contributed by atoms with Gasteiger partial charge in [-0.1, -0.05) is 48.6 Å². The van der Waals surface area contributed by atoms with Gasteiger partial charge in [0.2, 0.25) is 11.0 Å². The Labute approximate surface area is 134 Å². The quantitative estimate of drug-likeness (QED) is 0.941. The van der Waals surface area contributed by atoms with Crippen molar-refractivity contribution in [1.82, 2.24) is 15.1 Å². The molecule has 1 N–H and O–H groups in total. The SMILES string of the molecule is CCc1nnc(NC(=O)[C@H]2CN(C)C[C@H]2c2ccccc2)s1. The maximum absolute atomic E-state index is 12.6.